The molecule has 2 aromatic carbocycles. The lowest BCUT2D eigenvalue weighted by atomic mass is 10.1. The molecule has 0 aliphatic heterocycles. The second kappa shape index (κ2) is 7.58. The lowest BCUT2D eigenvalue weighted by molar-refractivity contribution is -0.137. The van der Waals surface area contributed by atoms with Crippen molar-refractivity contribution < 1.29 is 18.0 Å². The van der Waals surface area contributed by atoms with E-state index in [2.05, 4.69) is 20.8 Å². The summed E-state index contributed by atoms with van der Waals surface area (Å²) in [7, 11) is 0. The molecule has 3 rings (SSSR count). The van der Waals surface area contributed by atoms with Crippen LogP contribution in [0.5, 0.6) is 0 Å². The topological polar surface area (TPSA) is 72.7 Å². The number of benzene rings is 2. The quantitative estimate of drug-likeness (QED) is 0.680. The molecule has 0 aliphatic carbocycles. The van der Waals surface area contributed by atoms with Gasteiger partial charge in [0, 0.05) is 16.8 Å². The summed E-state index contributed by atoms with van der Waals surface area (Å²) in [5, 5.41) is 13.5. The SMILES string of the molecule is O=C(/C=C/c1cc(C(F)(F)F)ccc1Cl)Nc1ccc(-n2cnnn2)cc1. The Morgan fingerprint density at radius 3 is 2.52 bits per heavy atom. The molecule has 10 heteroatoms. The Morgan fingerprint density at radius 1 is 1.15 bits per heavy atom. The smallest absolute Gasteiger partial charge is 0.323 e. The number of amides is 1. The second-order valence-electron chi connectivity index (χ2n) is 5.36. The molecule has 6 nitrogen and oxygen atoms in total. The molecule has 1 heterocycles. The van der Waals surface area contributed by atoms with Crippen LogP contribution in [0.2, 0.25) is 5.02 Å². The number of rotatable bonds is 4. The number of hydrogen-bond acceptors (Lipinski definition) is 4. The van der Waals surface area contributed by atoms with E-state index in [0.29, 0.717) is 11.4 Å². The first-order valence-electron chi connectivity index (χ1n) is 7.52. The molecule has 0 saturated heterocycles. The van der Waals surface area contributed by atoms with Crippen LogP contribution in [0.3, 0.4) is 0 Å². The minimum atomic E-state index is -4.49. The van der Waals surface area contributed by atoms with E-state index in [1.807, 2.05) is 0 Å². The van der Waals surface area contributed by atoms with Crippen molar-refractivity contribution in [3.05, 3.63) is 71.0 Å². The van der Waals surface area contributed by atoms with E-state index in [1.165, 1.54) is 17.1 Å². The number of halogens is 4. The Morgan fingerprint density at radius 2 is 1.89 bits per heavy atom. The molecule has 0 saturated carbocycles. The maximum atomic E-state index is 12.8. The van der Waals surface area contributed by atoms with Gasteiger partial charge in [0.15, 0.2) is 0 Å². The average molecular weight is 394 g/mol. The molecule has 0 unspecified atom stereocenters. The average Bonchev–Trinajstić information content (AvgIpc) is 3.15. The highest BCUT2D eigenvalue weighted by Gasteiger charge is 2.30. The molecule has 3 aromatic rings. The van der Waals surface area contributed by atoms with Crippen molar-refractivity contribution in [3.8, 4) is 5.69 Å². The van der Waals surface area contributed by atoms with Crippen LogP contribution in [-0.4, -0.2) is 26.1 Å². The summed E-state index contributed by atoms with van der Waals surface area (Å²) in [6, 6.07) is 9.57. The Labute approximate surface area is 156 Å². The van der Waals surface area contributed by atoms with Gasteiger partial charge >= 0.3 is 6.18 Å². The first kappa shape index (κ1) is 18.6. The highest BCUT2D eigenvalue weighted by Crippen LogP contribution is 2.32. The van der Waals surface area contributed by atoms with Crippen LogP contribution in [0, 0.1) is 0 Å². The third-order valence-corrected chi connectivity index (χ3v) is 3.83. The predicted molar refractivity (Wildman–Crippen MR) is 93.3 cm³/mol. The minimum Gasteiger partial charge on any atom is -0.323 e. The van der Waals surface area contributed by atoms with Crippen LogP contribution in [0.25, 0.3) is 11.8 Å². The summed E-state index contributed by atoms with van der Waals surface area (Å²) in [5.41, 5.74) is 0.446. The first-order valence-corrected chi connectivity index (χ1v) is 7.90. The lowest BCUT2D eigenvalue weighted by Gasteiger charge is -2.08. The van der Waals surface area contributed by atoms with Crippen molar-refractivity contribution in [1.29, 1.82) is 0 Å². The van der Waals surface area contributed by atoms with E-state index in [1.54, 1.807) is 24.3 Å². The summed E-state index contributed by atoms with van der Waals surface area (Å²) in [6.45, 7) is 0. The van der Waals surface area contributed by atoms with Crippen molar-refractivity contribution >= 4 is 29.3 Å². The fourth-order valence-electron chi connectivity index (χ4n) is 2.17. The third-order valence-electron chi connectivity index (χ3n) is 3.49. The van der Waals surface area contributed by atoms with Gasteiger partial charge in [0.25, 0.3) is 0 Å². The van der Waals surface area contributed by atoms with Crippen LogP contribution >= 0.6 is 11.6 Å². The predicted octanol–water partition coefficient (Wildman–Crippen LogP) is 3.99. The van der Waals surface area contributed by atoms with Gasteiger partial charge in [0.05, 0.1) is 11.3 Å². The standard InChI is InChI=1S/C17H11ClF3N5O/c18-15-7-2-12(17(19,20)21)9-11(15)1-8-16(27)23-13-3-5-14(6-4-13)26-10-22-24-25-26/h1-10H,(H,23,27)/b8-1+. The van der Waals surface area contributed by atoms with Gasteiger partial charge < -0.3 is 5.32 Å². The van der Waals surface area contributed by atoms with Gasteiger partial charge in [-0.05, 0) is 64.5 Å². The van der Waals surface area contributed by atoms with Crippen LogP contribution in [0.1, 0.15) is 11.1 Å². The number of nitrogens with zero attached hydrogens (tertiary/aromatic N) is 4. The molecule has 1 aromatic heterocycles. The third kappa shape index (κ3) is 4.70. The summed E-state index contributed by atoms with van der Waals surface area (Å²) in [4.78, 5) is 12.0. The number of carbonyl (C=O) groups excluding carboxylic acids is 1. The van der Waals surface area contributed by atoms with Gasteiger partial charge in [-0.15, -0.1) is 5.10 Å². The largest absolute Gasteiger partial charge is 0.416 e. The van der Waals surface area contributed by atoms with Crippen molar-refractivity contribution in [2.75, 3.05) is 5.32 Å². The molecular formula is C17H11ClF3N5O. The maximum absolute atomic E-state index is 12.8. The van der Waals surface area contributed by atoms with E-state index >= 15 is 0 Å². The van der Waals surface area contributed by atoms with Gasteiger partial charge in [0.2, 0.25) is 5.91 Å². The highest BCUT2D eigenvalue weighted by atomic mass is 35.5. The van der Waals surface area contributed by atoms with E-state index < -0.39 is 17.6 Å². The molecular weight excluding hydrogens is 383 g/mol. The molecule has 0 atom stereocenters. The van der Waals surface area contributed by atoms with Gasteiger partial charge in [-0.1, -0.05) is 11.6 Å². The van der Waals surface area contributed by atoms with Crippen molar-refractivity contribution in [2.45, 2.75) is 6.18 Å². The molecule has 27 heavy (non-hydrogen) atoms. The van der Waals surface area contributed by atoms with Gasteiger partial charge in [-0.25, -0.2) is 4.68 Å². The number of tetrazole rings is 1. The number of aromatic nitrogens is 4. The monoisotopic (exact) mass is 393 g/mol. The number of anilines is 1. The van der Waals surface area contributed by atoms with Crippen LogP contribution in [-0.2, 0) is 11.0 Å². The fourth-order valence-corrected chi connectivity index (χ4v) is 2.35. The first-order chi connectivity index (χ1) is 12.8. The fraction of sp³-hybridized carbons (Fsp3) is 0.0588. The van der Waals surface area contributed by atoms with Gasteiger partial charge in [0.1, 0.15) is 6.33 Å². The van der Waals surface area contributed by atoms with Gasteiger partial charge in [-0.2, -0.15) is 13.2 Å². The van der Waals surface area contributed by atoms with Gasteiger partial charge in [-0.3, -0.25) is 4.79 Å². The van der Waals surface area contributed by atoms with E-state index in [0.717, 1.165) is 24.3 Å². The maximum Gasteiger partial charge on any atom is 0.416 e. The lowest BCUT2D eigenvalue weighted by Crippen LogP contribution is -2.08. The zero-order valence-electron chi connectivity index (χ0n) is 13.5. The molecule has 1 amide bonds. The summed E-state index contributed by atoms with van der Waals surface area (Å²) < 4.78 is 39.7. The normalized spacial score (nSPS) is 11.7. The van der Waals surface area contributed by atoms with Crippen LogP contribution in [0.4, 0.5) is 18.9 Å². The number of alkyl halides is 3. The molecule has 138 valence electrons. The molecule has 0 radical (unpaired) electrons. The Kier molecular flexibility index (Phi) is 5.22. The Hall–Kier alpha value is -3.20. The zero-order valence-corrected chi connectivity index (χ0v) is 14.2. The highest BCUT2D eigenvalue weighted by molar-refractivity contribution is 6.32. The van der Waals surface area contributed by atoms with Crippen molar-refractivity contribution in [2.24, 2.45) is 0 Å². The van der Waals surface area contributed by atoms with E-state index in [-0.39, 0.29) is 10.6 Å². The molecule has 1 N–H and O–H groups in total. The van der Waals surface area contributed by atoms with Crippen LogP contribution in [0.15, 0.2) is 54.9 Å². The van der Waals surface area contributed by atoms with Crippen LogP contribution < -0.4 is 5.32 Å². The number of nitrogens with one attached hydrogen (secondary N) is 1. The van der Waals surface area contributed by atoms with Crippen molar-refractivity contribution in [3.63, 3.8) is 0 Å². The van der Waals surface area contributed by atoms with E-state index in [9.17, 15) is 18.0 Å². The van der Waals surface area contributed by atoms with E-state index in [4.69, 9.17) is 11.6 Å². The second-order valence-corrected chi connectivity index (χ2v) is 5.77. The minimum absolute atomic E-state index is 0.0932. The number of carbonyl (C=O) groups is 1. The zero-order chi connectivity index (χ0) is 19.4. The summed E-state index contributed by atoms with van der Waals surface area (Å²) in [5.74, 6) is -0.515. The summed E-state index contributed by atoms with van der Waals surface area (Å²) in [6.07, 6.45) is -0.731. The number of hydrogen-bond donors (Lipinski definition) is 1. The summed E-state index contributed by atoms with van der Waals surface area (Å²) >= 11 is 5.89. The Balaban J connectivity index is 1.69. The molecule has 0 bridgehead atoms. The molecule has 0 spiro atoms. The molecule has 0 fully saturated rings. The molecule has 0 aliphatic rings. The van der Waals surface area contributed by atoms with Crippen molar-refractivity contribution in [1.82, 2.24) is 20.2 Å². The Bertz CT molecular complexity index is 969.